The molecule has 0 unspecified atom stereocenters. The fraction of sp³-hybridized carbons (Fsp3) is 0.647. The van der Waals surface area contributed by atoms with Crippen LogP contribution in [0, 0.1) is 29.5 Å². The summed E-state index contributed by atoms with van der Waals surface area (Å²) in [4.78, 5) is 0. The molecule has 0 heterocycles. The summed E-state index contributed by atoms with van der Waals surface area (Å²) >= 11 is 0. The van der Waals surface area contributed by atoms with Crippen molar-refractivity contribution in [3.8, 4) is 5.75 Å². The third-order valence-corrected chi connectivity index (χ3v) is 5.78. The lowest BCUT2D eigenvalue weighted by Gasteiger charge is -2.54. The van der Waals surface area contributed by atoms with Crippen molar-refractivity contribution in [1.82, 2.24) is 5.32 Å². The average molecular weight is 275 g/mol. The summed E-state index contributed by atoms with van der Waals surface area (Å²) in [5.74, 6) is 2.88. The zero-order valence-electron chi connectivity index (χ0n) is 11.7. The maximum atomic E-state index is 13.4. The fourth-order valence-electron chi connectivity index (χ4n) is 5.15. The summed E-state index contributed by atoms with van der Waals surface area (Å²) in [6.45, 7) is 0.713. The van der Waals surface area contributed by atoms with E-state index >= 15 is 0 Å². The largest absolute Gasteiger partial charge is 0.505 e. The molecule has 108 valence electrons. The van der Waals surface area contributed by atoms with Crippen molar-refractivity contribution in [1.29, 1.82) is 0 Å². The summed E-state index contributed by atoms with van der Waals surface area (Å²) in [5, 5.41) is 12.9. The van der Waals surface area contributed by atoms with Gasteiger partial charge in [-0.2, -0.15) is 0 Å². The topological polar surface area (TPSA) is 32.3 Å². The van der Waals surface area contributed by atoms with Crippen LogP contribution in [0.25, 0.3) is 0 Å². The van der Waals surface area contributed by atoms with Gasteiger partial charge in [0.1, 0.15) is 0 Å². The molecule has 20 heavy (non-hydrogen) atoms. The second-order valence-electron chi connectivity index (χ2n) is 7.12. The number of rotatable bonds is 3. The van der Waals surface area contributed by atoms with Gasteiger partial charge in [-0.1, -0.05) is 6.07 Å². The molecule has 0 aliphatic heterocycles. The van der Waals surface area contributed by atoms with E-state index in [1.54, 1.807) is 0 Å². The molecule has 0 aromatic heterocycles. The number of aromatic hydroxyl groups is 1. The molecule has 4 fully saturated rings. The monoisotopic (exact) mass is 275 g/mol. The van der Waals surface area contributed by atoms with E-state index in [4.69, 9.17) is 0 Å². The number of hydrogen-bond acceptors (Lipinski definition) is 2. The first-order valence-corrected chi connectivity index (χ1v) is 7.90. The van der Waals surface area contributed by atoms with Crippen molar-refractivity contribution in [2.24, 2.45) is 23.7 Å². The van der Waals surface area contributed by atoms with Crippen LogP contribution in [-0.2, 0) is 6.54 Å². The summed E-state index contributed by atoms with van der Waals surface area (Å²) in [7, 11) is 0. The lowest BCUT2D eigenvalue weighted by Crippen LogP contribution is -2.54. The molecule has 5 rings (SSSR count). The molecule has 4 saturated carbocycles. The lowest BCUT2D eigenvalue weighted by molar-refractivity contribution is -0.0142. The number of phenols is 1. The van der Waals surface area contributed by atoms with Gasteiger partial charge in [-0.3, -0.25) is 0 Å². The highest BCUT2D eigenvalue weighted by Gasteiger charge is 2.47. The standard InChI is InChI=1S/C17H22FNO/c18-15-8-10(1-2-16(15)20)9-19-17-13-4-11-3-12(6-13)7-14(17)5-11/h1-2,8,11-14,17,19-20H,3-7,9H2. The third kappa shape index (κ3) is 2.12. The van der Waals surface area contributed by atoms with E-state index in [9.17, 15) is 9.50 Å². The zero-order chi connectivity index (χ0) is 13.7. The lowest BCUT2D eigenvalue weighted by atomic mass is 9.54. The molecule has 0 atom stereocenters. The Balaban J connectivity index is 1.43. The minimum Gasteiger partial charge on any atom is -0.505 e. The van der Waals surface area contributed by atoms with Crippen LogP contribution in [-0.4, -0.2) is 11.1 Å². The quantitative estimate of drug-likeness (QED) is 0.885. The van der Waals surface area contributed by atoms with E-state index in [0.29, 0.717) is 12.6 Å². The van der Waals surface area contributed by atoms with Crippen molar-refractivity contribution in [3.63, 3.8) is 0 Å². The van der Waals surface area contributed by atoms with Gasteiger partial charge in [0.05, 0.1) is 0 Å². The van der Waals surface area contributed by atoms with Crippen LogP contribution in [0.3, 0.4) is 0 Å². The molecule has 0 amide bonds. The smallest absolute Gasteiger partial charge is 0.165 e. The maximum Gasteiger partial charge on any atom is 0.165 e. The van der Waals surface area contributed by atoms with E-state index < -0.39 is 5.82 Å². The van der Waals surface area contributed by atoms with Crippen LogP contribution < -0.4 is 5.32 Å². The van der Waals surface area contributed by atoms with E-state index in [-0.39, 0.29) is 5.75 Å². The number of halogens is 1. The molecule has 1 aromatic rings. The number of hydrogen-bond donors (Lipinski definition) is 2. The SMILES string of the molecule is Oc1ccc(CNC2C3CC4CC(C3)CC2C4)cc1F. The molecule has 3 heteroatoms. The number of benzene rings is 1. The molecular weight excluding hydrogens is 253 g/mol. The van der Waals surface area contributed by atoms with Crippen molar-refractivity contribution in [2.45, 2.75) is 44.7 Å². The van der Waals surface area contributed by atoms with Crippen molar-refractivity contribution in [3.05, 3.63) is 29.6 Å². The van der Waals surface area contributed by atoms with Crippen LogP contribution in [0.15, 0.2) is 18.2 Å². The van der Waals surface area contributed by atoms with Gasteiger partial charge in [0.15, 0.2) is 11.6 Å². The summed E-state index contributed by atoms with van der Waals surface area (Å²) in [6, 6.07) is 5.32. The van der Waals surface area contributed by atoms with E-state index in [1.165, 1.54) is 44.2 Å². The average Bonchev–Trinajstić information content (AvgIpc) is 2.41. The molecule has 0 spiro atoms. The molecule has 0 radical (unpaired) electrons. The van der Waals surface area contributed by atoms with Crippen molar-refractivity contribution >= 4 is 0 Å². The van der Waals surface area contributed by atoms with Gasteiger partial charge in [0.25, 0.3) is 0 Å². The molecule has 1 aromatic carbocycles. The van der Waals surface area contributed by atoms with Crippen molar-refractivity contribution in [2.75, 3.05) is 0 Å². The van der Waals surface area contributed by atoms with Gasteiger partial charge >= 0.3 is 0 Å². The second kappa shape index (κ2) is 4.73. The van der Waals surface area contributed by atoms with Crippen LogP contribution in [0.5, 0.6) is 5.75 Å². The summed E-state index contributed by atoms with van der Waals surface area (Å²) in [5.41, 5.74) is 0.925. The van der Waals surface area contributed by atoms with Gasteiger partial charge < -0.3 is 10.4 Å². The highest BCUT2D eigenvalue weighted by atomic mass is 19.1. The van der Waals surface area contributed by atoms with Gasteiger partial charge in [-0.25, -0.2) is 4.39 Å². The molecule has 2 N–H and O–H groups in total. The first-order chi connectivity index (χ1) is 9.69. The van der Waals surface area contributed by atoms with E-state index in [1.807, 2.05) is 6.07 Å². The van der Waals surface area contributed by atoms with E-state index in [0.717, 1.165) is 29.2 Å². The fourth-order valence-corrected chi connectivity index (χ4v) is 5.15. The van der Waals surface area contributed by atoms with Crippen LogP contribution in [0.4, 0.5) is 4.39 Å². The molecular formula is C17H22FNO. The zero-order valence-corrected chi connectivity index (χ0v) is 11.7. The Hall–Kier alpha value is -1.09. The second-order valence-corrected chi connectivity index (χ2v) is 7.12. The minimum absolute atomic E-state index is 0.261. The highest BCUT2D eigenvalue weighted by molar-refractivity contribution is 5.28. The Labute approximate surface area is 119 Å². The van der Waals surface area contributed by atoms with Gasteiger partial charge in [-0.15, -0.1) is 0 Å². The number of phenolic OH excluding ortho intramolecular Hbond substituents is 1. The minimum atomic E-state index is -0.519. The predicted octanol–water partition coefficient (Wildman–Crippen LogP) is 3.45. The third-order valence-electron chi connectivity index (χ3n) is 5.78. The molecule has 4 aliphatic rings. The molecule has 4 bridgehead atoms. The van der Waals surface area contributed by atoms with E-state index in [2.05, 4.69) is 5.32 Å². The van der Waals surface area contributed by atoms with Gasteiger partial charge in [0.2, 0.25) is 0 Å². The maximum absolute atomic E-state index is 13.4. The highest BCUT2D eigenvalue weighted by Crippen LogP contribution is 2.53. The molecule has 4 aliphatic carbocycles. The van der Waals surface area contributed by atoms with Gasteiger partial charge in [-0.05, 0) is 73.5 Å². The van der Waals surface area contributed by atoms with Crippen LogP contribution in [0.1, 0.15) is 37.7 Å². The van der Waals surface area contributed by atoms with Crippen LogP contribution in [0.2, 0.25) is 0 Å². The predicted molar refractivity (Wildman–Crippen MR) is 75.7 cm³/mol. The Morgan fingerprint density at radius 2 is 1.70 bits per heavy atom. The normalized spacial score (nSPS) is 38.4. The Morgan fingerprint density at radius 1 is 1.05 bits per heavy atom. The number of nitrogens with one attached hydrogen (secondary N) is 1. The Kier molecular flexibility index (Phi) is 2.99. The van der Waals surface area contributed by atoms with Crippen LogP contribution >= 0.6 is 0 Å². The Bertz CT molecular complexity index is 488. The molecule has 0 saturated heterocycles. The Morgan fingerprint density at radius 3 is 2.30 bits per heavy atom. The molecule has 2 nitrogen and oxygen atoms in total. The van der Waals surface area contributed by atoms with Crippen molar-refractivity contribution < 1.29 is 9.50 Å². The summed E-state index contributed by atoms with van der Waals surface area (Å²) < 4.78 is 13.4. The first-order valence-electron chi connectivity index (χ1n) is 7.90. The van der Waals surface area contributed by atoms with Gasteiger partial charge in [0, 0.05) is 12.6 Å². The summed E-state index contributed by atoms with van der Waals surface area (Å²) in [6.07, 6.45) is 7.06. The first kappa shape index (κ1) is 12.6.